The zero-order valence-corrected chi connectivity index (χ0v) is 10.8. The van der Waals surface area contributed by atoms with Crippen LogP contribution in [0, 0.1) is 17.0 Å². The minimum Gasteiger partial charge on any atom is -0.396 e. The van der Waals surface area contributed by atoms with Gasteiger partial charge >= 0.3 is 0 Å². The molecule has 8 heteroatoms. The molecule has 106 valence electrons. The number of nitrogens with zero attached hydrogens (tertiary/aromatic N) is 3. The van der Waals surface area contributed by atoms with Crippen LogP contribution in [0.2, 0.25) is 0 Å². The molecule has 0 bridgehead atoms. The van der Waals surface area contributed by atoms with Crippen LogP contribution in [0.25, 0.3) is 11.4 Å². The van der Waals surface area contributed by atoms with E-state index in [1.165, 1.54) is 12.1 Å². The minimum atomic E-state index is -0.555. The third kappa shape index (κ3) is 2.81. The summed E-state index contributed by atoms with van der Waals surface area (Å²) in [5, 5.41) is 23.4. The summed E-state index contributed by atoms with van der Waals surface area (Å²) in [6, 6.07) is 3.87. The third-order valence-electron chi connectivity index (χ3n) is 2.87. The molecule has 0 saturated heterocycles. The molecule has 1 aromatic heterocycles. The Balaban J connectivity index is 2.36. The standard InChI is InChI=1S/C12H14N4O4/c1-7-2-3-8(16(18)19)6-9(7)11-14-12(20-15-11)10(13)4-5-17/h2-3,6,10,17H,4-5,13H2,1H3. The molecule has 0 aliphatic rings. The molecule has 0 amide bonds. The molecule has 1 aromatic carbocycles. The van der Waals surface area contributed by atoms with E-state index in [1.54, 1.807) is 13.0 Å². The summed E-state index contributed by atoms with van der Waals surface area (Å²) < 4.78 is 5.02. The van der Waals surface area contributed by atoms with Crippen molar-refractivity contribution in [2.75, 3.05) is 6.61 Å². The Labute approximate surface area is 114 Å². The summed E-state index contributed by atoms with van der Waals surface area (Å²) in [4.78, 5) is 14.4. The summed E-state index contributed by atoms with van der Waals surface area (Å²) in [7, 11) is 0. The molecular weight excluding hydrogens is 264 g/mol. The highest BCUT2D eigenvalue weighted by Gasteiger charge is 2.18. The first kappa shape index (κ1) is 14.1. The number of aliphatic hydroxyl groups is 1. The van der Waals surface area contributed by atoms with Crippen molar-refractivity contribution < 1.29 is 14.6 Å². The Morgan fingerprint density at radius 3 is 2.95 bits per heavy atom. The Morgan fingerprint density at radius 1 is 1.55 bits per heavy atom. The van der Waals surface area contributed by atoms with Gasteiger partial charge in [-0.05, 0) is 18.9 Å². The van der Waals surface area contributed by atoms with Crippen LogP contribution in [0.3, 0.4) is 0 Å². The number of aromatic nitrogens is 2. The van der Waals surface area contributed by atoms with Gasteiger partial charge in [0.25, 0.3) is 5.69 Å². The number of nitro groups is 1. The van der Waals surface area contributed by atoms with Gasteiger partial charge in [0.1, 0.15) is 0 Å². The van der Waals surface area contributed by atoms with Gasteiger partial charge in [-0.1, -0.05) is 11.2 Å². The number of aliphatic hydroxyl groups excluding tert-OH is 1. The first-order valence-corrected chi connectivity index (χ1v) is 5.98. The summed E-state index contributed by atoms with van der Waals surface area (Å²) >= 11 is 0. The Hall–Kier alpha value is -2.32. The molecule has 1 unspecified atom stereocenters. The maximum absolute atomic E-state index is 10.8. The van der Waals surface area contributed by atoms with E-state index in [0.717, 1.165) is 5.56 Å². The molecule has 1 atom stereocenters. The summed E-state index contributed by atoms with van der Waals surface area (Å²) in [6.45, 7) is 1.71. The number of rotatable bonds is 5. The summed E-state index contributed by atoms with van der Waals surface area (Å²) in [5.74, 6) is 0.439. The van der Waals surface area contributed by atoms with Gasteiger partial charge in [0, 0.05) is 24.3 Å². The predicted molar refractivity (Wildman–Crippen MR) is 69.8 cm³/mol. The first-order chi connectivity index (χ1) is 9.52. The summed E-state index contributed by atoms with van der Waals surface area (Å²) in [5.41, 5.74) is 7.01. The highest BCUT2D eigenvalue weighted by atomic mass is 16.6. The van der Waals surface area contributed by atoms with Crippen molar-refractivity contribution in [2.24, 2.45) is 5.73 Å². The van der Waals surface area contributed by atoms with Crippen molar-refractivity contribution in [2.45, 2.75) is 19.4 Å². The molecule has 2 aromatic rings. The second kappa shape index (κ2) is 5.76. The number of aryl methyl sites for hydroxylation is 1. The first-order valence-electron chi connectivity index (χ1n) is 5.98. The van der Waals surface area contributed by atoms with Crippen LogP contribution in [0.15, 0.2) is 22.7 Å². The maximum atomic E-state index is 10.8. The van der Waals surface area contributed by atoms with Gasteiger partial charge in [-0.3, -0.25) is 10.1 Å². The van der Waals surface area contributed by atoms with Crippen LogP contribution in [0.4, 0.5) is 5.69 Å². The second-order valence-electron chi connectivity index (χ2n) is 4.33. The molecule has 3 N–H and O–H groups in total. The van der Waals surface area contributed by atoms with E-state index < -0.39 is 11.0 Å². The SMILES string of the molecule is Cc1ccc([N+](=O)[O-])cc1-c1noc(C(N)CCO)n1. The number of non-ortho nitro benzene ring substituents is 1. The molecule has 8 nitrogen and oxygen atoms in total. The summed E-state index contributed by atoms with van der Waals surface area (Å²) in [6.07, 6.45) is 0.301. The second-order valence-corrected chi connectivity index (χ2v) is 4.33. The molecule has 0 radical (unpaired) electrons. The number of nitro benzene ring substituents is 1. The van der Waals surface area contributed by atoms with Crippen molar-refractivity contribution >= 4 is 5.69 Å². The van der Waals surface area contributed by atoms with Gasteiger partial charge in [0.05, 0.1) is 11.0 Å². The third-order valence-corrected chi connectivity index (χ3v) is 2.87. The fourth-order valence-electron chi connectivity index (χ4n) is 1.72. The van der Waals surface area contributed by atoms with E-state index in [4.69, 9.17) is 15.4 Å². The molecule has 0 aliphatic heterocycles. The van der Waals surface area contributed by atoms with Gasteiger partial charge in [-0.15, -0.1) is 0 Å². The van der Waals surface area contributed by atoms with E-state index in [9.17, 15) is 10.1 Å². The number of benzene rings is 1. The molecule has 0 fully saturated rings. The number of nitrogens with two attached hydrogens (primary N) is 1. The average Bonchev–Trinajstić information content (AvgIpc) is 2.88. The van der Waals surface area contributed by atoms with Gasteiger partial charge in [-0.2, -0.15) is 4.98 Å². The van der Waals surface area contributed by atoms with E-state index in [1.807, 2.05) is 0 Å². The average molecular weight is 278 g/mol. The molecular formula is C12H14N4O4. The monoisotopic (exact) mass is 278 g/mol. The van der Waals surface area contributed by atoms with E-state index in [0.29, 0.717) is 12.0 Å². The highest BCUT2D eigenvalue weighted by Crippen LogP contribution is 2.26. The van der Waals surface area contributed by atoms with Crippen LogP contribution in [-0.4, -0.2) is 26.8 Å². The lowest BCUT2D eigenvalue weighted by Crippen LogP contribution is -2.12. The van der Waals surface area contributed by atoms with Crippen molar-refractivity contribution in [1.82, 2.24) is 10.1 Å². The molecule has 2 rings (SSSR count). The minimum absolute atomic E-state index is 0.0448. The Morgan fingerprint density at radius 2 is 2.30 bits per heavy atom. The van der Waals surface area contributed by atoms with Crippen molar-refractivity contribution in [1.29, 1.82) is 0 Å². The lowest BCUT2D eigenvalue weighted by molar-refractivity contribution is -0.384. The van der Waals surface area contributed by atoms with E-state index in [2.05, 4.69) is 10.1 Å². The predicted octanol–water partition coefficient (Wildman–Crippen LogP) is 1.34. The molecule has 1 heterocycles. The van der Waals surface area contributed by atoms with Crippen LogP contribution in [0.5, 0.6) is 0 Å². The smallest absolute Gasteiger partial charge is 0.270 e. The normalized spacial score (nSPS) is 12.3. The van der Waals surface area contributed by atoms with Crippen LogP contribution >= 0.6 is 0 Å². The van der Waals surface area contributed by atoms with E-state index >= 15 is 0 Å². The number of hydrogen-bond donors (Lipinski definition) is 2. The molecule has 20 heavy (non-hydrogen) atoms. The van der Waals surface area contributed by atoms with Gasteiger partial charge in [0.15, 0.2) is 0 Å². The Bertz CT molecular complexity index is 626. The van der Waals surface area contributed by atoms with Crippen LogP contribution in [-0.2, 0) is 0 Å². The fraction of sp³-hybridized carbons (Fsp3) is 0.333. The van der Waals surface area contributed by atoms with Gasteiger partial charge in [0.2, 0.25) is 11.7 Å². The maximum Gasteiger partial charge on any atom is 0.270 e. The molecule has 0 spiro atoms. The quantitative estimate of drug-likeness (QED) is 0.623. The fourth-order valence-corrected chi connectivity index (χ4v) is 1.72. The van der Waals surface area contributed by atoms with Gasteiger partial charge in [-0.25, -0.2) is 0 Å². The van der Waals surface area contributed by atoms with Crippen LogP contribution < -0.4 is 5.73 Å². The lowest BCUT2D eigenvalue weighted by Gasteiger charge is -2.02. The molecule has 0 aliphatic carbocycles. The van der Waals surface area contributed by atoms with Crippen LogP contribution in [0.1, 0.15) is 23.9 Å². The molecule has 0 saturated carbocycles. The van der Waals surface area contributed by atoms with Crippen molar-refractivity contribution in [3.63, 3.8) is 0 Å². The Kier molecular flexibility index (Phi) is 4.06. The van der Waals surface area contributed by atoms with E-state index in [-0.39, 0.29) is 24.0 Å². The largest absolute Gasteiger partial charge is 0.396 e. The van der Waals surface area contributed by atoms with Crippen molar-refractivity contribution in [3.05, 3.63) is 39.8 Å². The zero-order valence-electron chi connectivity index (χ0n) is 10.8. The highest BCUT2D eigenvalue weighted by molar-refractivity contribution is 5.63. The number of hydrogen-bond acceptors (Lipinski definition) is 7. The zero-order chi connectivity index (χ0) is 14.7. The van der Waals surface area contributed by atoms with Gasteiger partial charge < -0.3 is 15.4 Å². The lowest BCUT2D eigenvalue weighted by atomic mass is 10.1. The topological polar surface area (TPSA) is 128 Å². The van der Waals surface area contributed by atoms with Crippen molar-refractivity contribution in [3.8, 4) is 11.4 Å².